The maximum atomic E-state index is 12.0. The average molecular weight is 386 g/mol. The number of aromatic nitrogens is 2. The molecule has 0 radical (unpaired) electrons. The molecule has 0 unspecified atom stereocenters. The molecule has 0 saturated heterocycles. The molecule has 2 amide bonds. The van der Waals surface area contributed by atoms with Gasteiger partial charge in [0.1, 0.15) is 11.4 Å². The van der Waals surface area contributed by atoms with E-state index in [0.717, 1.165) is 0 Å². The third-order valence-corrected chi connectivity index (χ3v) is 4.72. The van der Waals surface area contributed by atoms with Crippen molar-refractivity contribution in [1.82, 2.24) is 9.97 Å². The summed E-state index contributed by atoms with van der Waals surface area (Å²) in [7, 11) is 0. The van der Waals surface area contributed by atoms with E-state index >= 15 is 0 Å². The maximum absolute atomic E-state index is 12.0. The zero-order valence-corrected chi connectivity index (χ0v) is 14.6. The molecule has 4 heterocycles. The highest BCUT2D eigenvalue weighted by atomic mass is 32.1. The second-order valence-corrected chi connectivity index (χ2v) is 6.65. The van der Waals surface area contributed by atoms with Gasteiger partial charge in [-0.05, 0) is 24.3 Å². The van der Waals surface area contributed by atoms with Crippen molar-refractivity contribution in [3.63, 3.8) is 0 Å². The summed E-state index contributed by atoms with van der Waals surface area (Å²) < 4.78 is 10.1. The molecule has 10 heteroatoms. The van der Waals surface area contributed by atoms with Gasteiger partial charge in [0.25, 0.3) is 11.8 Å². The van der Waals surface area contributed by atoms with Gasteiger partial charge in [-0.15, -0.1) is 22.7 Å². The zero-order chi connectivity index (χ0) is 17.9. The molecule has 0 aliphatic rings. The topological polar surface area (TPSA) is 110 Å². The van der Waals surface area contributed by atoms with E-state index < -0.39 is 0 Å². The van der Waals surface area contributed by atoms with E-state index in [1.807, 2.05) is 0 Å². The molecule has 2 N–H and O–H groups in total. The van der Waals surface area contributed by atoms with Gasteiger partial charge in [0.15, 0.2) is 21.8 Å². The summed E-state index contributed by atoms with van der Waals surface area (Å²) in [6.45, 7) is 0. The standard InChI is InChI=1S/C16H10N4O4S2/c21-13(11-3-1-5-23-11)19-15-17-9(7-25-15)10-8-26-16(18-10)20-14(22)12-4-2-6-24-12/h1-8H,(H,17,19,21)(H,18,20,22). The van der Waals surface area contributed by atoms with Crippen LogP contribution in [0.25, 0.3) is 11.4 Å². The quantitative estimate of drug-likeness (QED) is 0.537. The Morgan fingerprint density at radius 3 is 1.65 bits per heavy atom. The van der Waals surface area contributed by atoms with Crippen LogP contribution in [0.15, 0.2) is 56.4 Å². The average Bonchev–Trinajstić information content (AvgIpc) is 3.39. The fraction of sp³-hybridized carbons (Fsp3) is 0. The number of hydrogen-bond acceptors (Lipinski definition) is 8. The molecule has 0 fully saturated rings. The summed E-state index contributed by atoms with van der Waals surface area (Å²) >= 11 is 2.54. The van der Waals surface area contributed by atoms with Crippen LogP contribution in [0.5, 0.6) is 0 Å². The molecule has 0 saturated carbocycles. The largest absolute Gasteiger partial charge is 0.459 e. The van der Waals surface area contributed by atoms with Gasteiger partial charge in [0.2, 0.25) is 0 Å². The number of carbonyl (C=O) groups excluding carboxylic acids is 2. The van der Waals surface area contributed by atoms with E-state index in [-0.39, 0.29) is 23.3 Å². The number of anilines is 2. The minimum absolute atomic E-state index is 0.207. The van der Waals surface area contributed by atoms with Gasteiger partial charge in [-0.2, -0.15) is 0 Å². The van der Waals surface area contributed by atoms with Gasteiger partial charge in [0.05, 0.1) is 12.5 Å². The van der Waals surface area contributed by atoms with Crippen LogP contribution < -0.4 is 10.6 Å². The van der Waals surface area contributed by atoms with Crippen molar-refractivity contribution in [3.8, 4) is 11.4 Å². The molecular weight excluding hydrogens is 376 g/mol. The molecular formula is C16H10N4O4S2. The van der Waals surface area contributed by atoms with Crippen LogP contribution in [0.3, 0.4) is 0 Å². The van der Waals surface area contributed by atoms with E-state index in [4.69, 9.17) is 8.83 Å². The molecule has 0 aliphatic carbocycles. The van der Waals surface area contributed by atoms with Crippen molar-refractivity contribution < 1.29 is 18.4 Å². The molecule has 4 aromatic rings. The number of furan rings is 2. The molecule has 0 aromatic carbocycles. The fourth-order valence-electron chi connectivity index (χ4n) is 2.03. The van der Waals surface area contributed by atoms with E-state index in [2.05, 4.69) is 20.6 Å². The summed E-state index contributed by atoms with van der Waals surface area (Å²) in [5, 5.41) is 9.71. The monoisotopic (exact) mass is 386 g/mol. The first kappa shape index (κ1) is 16.2. The molecule has 130 valence electrons. The van der Waals surface area contributed by atoms with Gasteiger partial charge in [0, 0.05) is 10.8 Å². The lowest BCUT2D eigenvalue weighted by molar-refractivity contribution is 0.0989. The van der Waals surface area contributed by atoms with Gasteiger partial charge in [-0.3, -0.25) is 20.2 Å². The minimum Gasteiger partial charge on any atom is -0.459 e. The Balaban J connectivity index is 1.44. The van der Waals surface area contributed by atoms with Crippen LogP contribution in [0.4, 0.5) is 10.3 Å². The van der Waals surface area contributed by atoms with E-state index in [9.17, 15) is 9.59 Å². The summed E-state index contributed by atoms with van der Waals surface area (Å²) in [6, 6.07) is 6.41. The third-order valence-electron chi connectivity index (χ3n) is 3.20. The van der Waals surface area contributed by atoms with Gasteiger partial charge >= 0.3 is 0 Å². The first-order valence-corrected chi connectivity index (χ1v) is 9.06. The van der Waals surface area contributed by atoms with Crippen molar-refractivity contribution in [2.75, 3.05) is 10.6 Å². The molecule has 4 rings (SSSR count). The van der Waals surface area contributed by atoms with Crippen LogP contribution >= 0.6 is 22.7 Å². The molecule has 26 heavy (non-hydrogen) atoms. The fourth-order valence-corrected chi connectivity index (χ4v) is 3.43. The van der Waals surface area contributed by atoms with Crippen molar-refractivity contribution >= 4 is 44.8 Å². The Labute approximate surface area is 154 Å². The Kier molecular flexibility index (Phi) is 4.33. The lowest BCUT2D eigenvalue weighted by atomic mass is 10.4. The first-order chi connectivity index (χ1) is 12.7. The lowest BCUT2D eigenvalue weighted by Gasteiger charge is -1.97. The highest BCUT2D eigenvalue weighted by molar-refractivity contribution is 7.15. The smallest absolute Gasteiger partial charge is 0.293 e. The SMILES string of the molecule is O=C(Nc1nc(-c2csc(NC(=O)c3ccco3)n2)cs1)c1ccco1. The Hall–Kier alpha value is -3.24. The Morgan fingerprint density at radius 1 is 0.808 bits per heavy atom. The van der Waals surface area contributed by atoms with Crippen molar-refractivity contribution in [2.24, 2.45) is 0 Å². The van der Waals surface area contributed by atoms with Gasteiger partial charge < -0.3 is 8.83 Å². The van der Waals surface area contributed by atoms with Crippen LogP contribution in [0.1, 0.15) is 21.1 Å². The van der Waals surface area contributed by atoms with Gasteiger partial charge in [-0.1, -0.05) is 0 Å². The van der Waals surface area contributed by atoms with E-state index in [1.165, 1.54) is 35.2 Å². The van der Waals surface area contributed by atoms with Crippen molar-refractivity contribution in [2.45, 2.75) is 0 Å². The molecule has 0 aliphatic heterocycles. The zero-order valence-electron chi connectivity index (χ0n) is 13.0. The van der Waals surface area contributed by atoms with Crippen LogP contribution in [0.2, 0.25) is 0 Å². The molecule has 8 nitrogen and oxygen atoms in total. The predicted octanol–water partition coefficient (Wildman–Crippen LogP) is 3.96. The predicted molar refractivity (Wildman–Crippen MR) is 96.5 cm³/mol. The second-order valence-electron chi connectivity index (χ2n) is 4.94. The molecule has 0 bridgehead atoms. The molecule has 0 atom stereocenters. The van der Waals surface area contributed by atoms with Crippen molar-refractivity contribution in [1.29, 1.82) is 0 Å². The summed E-state index contributed by atoms with van der Waals surface area (Å²) in [5.41, 5.74) is 1.19. The summed E-state index contributed by atoms with van der Waals surface area (Å²) in [5.74, 6) is -0.335. The number of amides is 2. The number of nitrogens with zero attached hydrogens (tertiary/aromatic N) is 2. The number of thiazole rings is 2. The number of nitrogens with one attached hydrogen (secondary N) is 2. The Bertz CT molecular complexity index is 950. The lowest BCUT2D eigenvalue weighted by Crippen LogP contribution is -2.10. The summed E-state index contributed by atoms with van der Waals surface area (Å²) in [4.78, 5) is 32.6. The first-order valence-electron chi connectivity index (χ1n) is 7.30. The number of rotatable bonds is 5. The molecule has 4 aromatic heterocycles. The van der Waals surface area contributed by atoms with Crippen LogP contribution in [-0.4, -0.2) is 21.8 Å². The minimum atomic E-state index is -0.374. The normalized spacial score (nSPS) is 10.6. The molecule has 0 spiro atoms. The van der Waals surface area contributed by atoms with Crippen LogP contribution in [0, 0.1) is 0 Å². The van der Waals surface area contributed by atoms with Crippen LogP contribution in [-0.2, 0) is 0 Å². The summed E-state index contributed by atoms with van der Waals surface area (Å²) in [6.07, 6.45) is 2.85. The highest BCUT2D eigenvalue weighted by Gasteiger charge is 2.15. The number of hydrogen-bond donors (Lipinski definition) is 2. The second kappa shape index (κ2) is 6.94. The maximum Gasteiger partial charge on any atom is 0.293 e. The van der Waals surface area contributed by atoms with Crippen molar-refractivity contribution in [3.05, 3.63) is 59.1 Å². The third kappa shape index (κ3) is 3.41. The van der Waals surface area contributed by atoms with E-state index in [1.54, 1.807) is 35.0 Å². The highest BCUT2D eigenvalue weighted by Crippen LogP contribution is 2.28. The van der Waals surface area contributed by atoms with E-state index in [0.29, 0.717) is 21.7 Å². The number of carbonyl (C=O) groups is 2. The van der Waals surface area contributed by atoms with Gasteiger partial charge in [-0.25, -0.2) is 9.97 Å². The Morgan fingerprint density at radius 2 is 1.27 bits per heavy atom.